The molecule has 1 heterocycles. The maximum Gasteiger partial charge on any atom is 0.244 e. The molecule has 1 saturated heterocycles. The molecule has 1 amide bonds. The molecule has 1 atom stereocenters. The van der Waals surface area contributed by atoms with Crippen LogP contribution in [0, 0.1) is 5.92 Å². The second-order valence-corrected chi connectivity index (χ2v) is 8.53. The first-order valence-electron chi connectivity index (χ1n) is 7.45. The van der Waals surface area contributed by atoms with Gasteiger partial charge in [-0.15, -0.1) is 0 Å². The number of hydrogen-bond donors (Lipinski definition) is 1. The normalized spacial score (nSPS) is 26.9. The van der Waals surface area contributed by atoms with Crippen LogP contribution < -0.4 is 5.32 Å². The number of nitrogens with one attached hydrogen (secondary N) is 1. The van der Waals surface area contributed by atoms with E-state index < -0.39 is 0 Å². The fourth-order valence-corrected chi connectivity index (χ4v) is 3.60. The van der Waals surface area contributed by atoms with Crippen molar-refractivity contribution in [1.82, 2.24) is 10.2 Å². The third kappa shape index (κ3) is 2.80. The van der Waals surface area contributed by atoms with Gasteiger partial charge in [0.25, 0.3) is 0 Å². The van der Waals surface area contributed by atoms with E-state index in [4.69, 9.17) is 0 Å². The Morgan fingerprint density at radius 2 is 2.00 bits per heavy atom. The molecule has 4 heteroatoms. The van der Waals surface area contributed by atoms with E-state index in [9.17, 15) is 4.79 Å². The van der Waals surface area contributed by atoms with E-state index in [1.807, 2.05) is 11.8 Å². The molecule has 3 nitrogen and oxygen atoms in total. The molecule has 19 heavy (non-hydrogen) atoms. The number of thioether (sulfide) groups is 1. The highest BCUT2D eigenvalue weighted by Crippen LogP contribution is 2.39. The molecule has 1 aliphatic carbocycles. The van der Waals surface area contributed by atoms with E-state index in [0.717, 1.165) is 19.4 Å². The second kappa shape index (κ2) is 5.28. The summed E-state index contributed by atoms with van der Waals surface area (Å²) >= 11 is 1.84. The molecular formula is C15H28N2OS. The minimum atomic E-state index is -0.233. The van der Waals surface area contributed by atoms with Gasteiger partial charge in [-0.25, -0.2) is 0 Å². The Morgan fingerprint density at radius 3 is 2.47 bits per heavy atom. The lowest BCUT2D eigenvalue weighted by molar-refractivity contribution is -0.133. The lowest BCUT2D eigenvalue weighted by Crippen LogP contribution is -2.46. The van der Waals surface area contributed by atoms with Crippen LogP contribution in [0.15, 0.2) is 0 Å². The monoisotopic (exact) mass is 284 g/mol. The Hall–Kier alpha value is -0.220. The van der Waals surface area contributed by atoms with Crippen molar-refractivity contribution in [2.45, 2.75) is 69.8 Å². The van der Waals surface area contributed by atoms with E-state index >= 15 is 0 Å². The first kappa shape index (κ1) is 15.2. The van der Waals surface area contributed by atoms with Gasteiger partial charge < -0.3 is 4.90 Å². The molecule has 0 aromatic rings. The number of rotatable bonds is 4. The molecule has 1 N–H and O–H groups in total. The van der Waals surface area contributed by atoms with E-state index in [0.29, 0.717) is 11.8 Å². The van der Waals surface area contributed by atoms with Gasteiger partial charge in [0.2, 0.25) is 5.91 Å². The molecule has 2 fully saturated rings. The Bertz CT molecular complexity index is 348. The number of hydrogen-bond acceptors (Lipinski definition) is 3. The van der Waals surface area contributed by atoms with Crippen molar-refractivity contribution in [3.05, 3.63) is 0 Å². The van der Waals surface area contributed by atoms with Gasteiger partial charge in [0.1, 0.15) is 0 Å². The minimum absolute atomic E-state index is 0.120. The van der Waals surface area contributed by atoms with E-state index in [1.54, 1.807) is 0 Å². The summed E-state index contributed by atoms with van der Waals surface area (Å²) in [6.07, 6.45) is 6.74. The van der Waals surface area contributed by atoms with Crippen molar-refractivity contribution in [3.8, 4) is 0 Å². The van der Waals surface area contributed by atoms with Gasteiger partial charge in [-0.05, 0) is 38.9 Å². The van der Waals surface area contributed by atoms with Crippen LogP contribution in [-0.4, -0.2) is 40.1 Å². The third-order valence-corrected chi connectivity index (χ3v) is 5.86. The van der Waals surface area contributed by atoms with Gasteiger partial charge in [-0.2, -0.15) is 11.8 Å². The van der Waals surface area contributed by atoms with Crippen LogP contribution in [-0.2, 0) is 4.79 Å². The van der Waals surface area contributed by atoms with Gasteiger partial charge in [-0.1, -0.05) is 26.7 Å². The maximum absolute atomic E-state index is 12.9. The predicted molar refractivity (Wildman–Crippen MR) is 82.3 cm³/mol. The van der Waals surface area contributed by atoms with E-state index in [2.05, 4.69) is 44.2 Å². The summed E-state index contributed by atoms with van der Waals surface area (Å²) in [4.78, 5) is 15.0. The van der Waals surface area contributed by atoms with Gasteiger partial charge >= 0.3 is 0 Å². The first-order chi connectivity index (χ1) is 8.81. The Labute approximate surface area is 121 Å². The maximum atomic E-state index is 12.9. The smallest absolute Gasteiger partial charge is 0.244 e. The zero-order valence-corrected chi connectivity index (χ0v) is 13.8. The summed E-state index contributed by atoms with van der Waals surface area (Å²) in [5.74, 6) is 0.812. The Morgan fingerprint density at radius 1 is 1.42 bits per heavy atom. The van der Waals surface area contributed by atoms with Gasteiger partial charge in [0.05, 0.1) is 11.7 Å². The van der Waals surface area contributed by atoms with Crippen LogP contribution in [0.4, 0.5) is 0 Å². The summed E-state index contributed by atoms with van der Waals surface area (Å²) in [7, 11) is 0. The van der Waals surface area contributed by atoms with Crippen molar-refractivity contribution < 1.29 is 4.79 Å². The molecule has 0 radical (unpaired) electrons. The number of amides is 1. The summed E-state index contributed by atoms with van der Waals surface area (Å²) in [5, 5.41) is 3.68. The summed E-state index contributed by atoms with van der Waals surface area (Å²) in [5.41, 5.74) is -0.233. The molecule has 1 unspecified atom stereocenters. The first-order valence-corrected chi connectivity index (χ1v) is 8.68. The molecule has 1 spiro atoms. The third-order valence-electron chi connectivity index (χ3n) is 4.62. The van der Waals surface area contributed by atoms with E-state index in [-0.39, 0.29) is 16.5 Å². The lowest BCUT2D eigenvalue weighted by atomic mass is 9.97. The topological polar surface area (TPSA) is 32.3 Å². The van der Waals surface area contributed by atoms with E-state index in [1.165, 1.54) is 12.8 Å². The van der Waals surface area contributed by atoms with Crippen LogP contribution in [0.2, 0.25) is 0 Å². The average molecular weight is 284 g/mol. The highest BCUT2D eigenvalue weighted by atomic mass is 32.2. The number of nitrogens with zero attached hydrogens (tertiary/aromatic N) is 1. The summed E-state index contributed by atoms with van der Waals surface area (Å²) < 4.78 is 0.120. The highest BCUT2D eigenvalue weighted by Gasteiger charge is 2.53. The molecule has 2 rings (SSSR count). The van der Waals surface area contributed by atoms with Gasteiger partial charge in [0.15, 0.2) is 0 Å². The lowest BCUT2D eigenvalue weighted by Gasteiger charge is -2.34. The molecule has 1 aliphatic heterocycles. The van der Waals surface area contributed by atoms with Crippen LogP contribution >= 0.6 is 11.8 Å². The molecule has 0 aromatic carbocycles. The van der Waals surface area contributed by atoms with Crippen LogP contribution in [0.3, 0.4) is 0 Å². The Kier molecular flexibility index (Phi) is 4.22. The Balaban J connectivity index is 2.21. The molecule has 2 aliphatic rings. The number of carbonyl (C=O) groups is 1. The largest absolute Gasteiger partial charge is 0.324 e. The quantitative estimate of drug-likeness (QED) is 0.861. The molecule has 110 valence electrons. The molecular weight excluding hydrogens is 256 g/mol. The van der Waals surface area contributed by atoms with Crippen molar-refractivity contribution in [3.63, 3.8) is 0 Å². The fraction of sp³-hybridized carbons (Fsp3) is 0.933. The zero-order valence-electron chi connectivity index (χ0n) is 13.0. The average Bonchev–Trinajstić information content (AvgIpc) is 2.91. The van der Waals surface area contributed by atoms with Crippen LogP contribution in [0.5, 0.6) is 0 Å². The van der Waals surface area contributed by atoms with Gasteiger partial charge in [0, 0.05) is 11.3 Å². The predicted octanol–water partition coefficient (Wildman–Crippen LogP) is 2.85. The van der Waals surface area contributed by atoms with Crippen molar-refractivity contribution in [2.24, 2.45) is 5.92 Å². The summed E-state index contributed by atoms with van der Waals surface area (Å²) in [6.45, 7) is 9.70. The number of carbonyl (C=O) groups excluding carboxylic acids is 1. The molecule has 1 saturated carbocycles. The minimum Gasteiger partial charge on any atom is -0.324 e. The summed E-state index contributed by atoms with van der Waals surface area (Å²) in [6, 6.07) is 0. The van der Waals surface area contributed by atoms with Crippen molar-refractivity contribution in [2.75, 3.05) is 12.8 Å². The van der Waals surface area contributed by atoms with Crippen LogP contribution in [0.25, 0.3) is 0 Å². The molecule has 0 bridgehead atoms. The van der Waals surface area contributed by atoms with Crippen molar-refractivity contribution in [1.29, 1.82) is 0 Å². The van der Waals surface area contributed by atoms with Crippen molar-refractivity contribution >= 4 is 17.7 Å². The standard InChI is InChI=1S/C15H28N2OS/c1-11(2)12-16-15(8-6-7-9-15)13(18)17(12)10-14(3,4)19-5/h11-12,16H,6-10H2,1-5H3. The fourth-order valence-electron chi connectivity index (χ4n) is 3.33. The second-order valence-electron chi connectivity index (χ2n) is 7.02. The van der Waals surface area contributed by atoms with Crippen LogP contribution in [0.1, 0.15) is 53.4 Å². The molecule has 0 aromatic heterocycles. The highest BCUT2D eigenvalue weighted by molar-refractivity contribution is 7.99. The van der Waals surface area contributed by atoms with Gasteiger partial charge in [-0.3, -0.25) is 10.1 Å². The zero-order chi connectivity index (χ0) is 14.3. The SMILES string of the molecule is CSC(C)(C)CN1C(=O)C2(CCCC2)NC1C(C)C.